The molecular weight excluding hydrogens is 276 g/mol. The molecule has 1 aromatic carbocycles. The van der Waals surface area contributed by atoms with Crippen molar-refractivity contribution < 1.29 is 0 Å². The van der Waals surface area contributed by atoms with Crippen molar-refractivity contribution in [2.75, 3.05) is 13.1 Å². The van der Waals surface area contributed by atoms with Crippen molar-refractivity contribution in [1.29, 1.82) is 0 Å². The van der Waals surface area contributed by atoms with Gasteiger partial charge in [-0.2, -0.15) is 0 Å². The van der Waals surface area contributed by atoms with Crippen LogP contribution in [-0.2, 0) is 6.42 Å². The summed E-state index contributed by atoms with van der Waals surface area (Å²) in [4.78, 5) is 6.52. The van der Waals surface area contributed by atoms with Crippen LogP contribution in [0, 0.1) is 6.92 Å². The molecular formula is C18H24N2S. The van der Waals surface area contributed by atoms with Crippen molar-refractivity contribution in [3.05, 3.63) is 40.4 Å². The molecule has 0 saturated heterocycles. The fourth-order valence-corrected chi connectivity index (χ4v) is 4.25. The first-order valence-corrected chi connectivity index (χ1v) is 8.87. The number of nitrogens with one attached hydrogen (secondary N) is 1. The van der Waals surface area contributed by atoms with E-state index in [1.807, 2.05) is 11.3 Å². The Morgan fingerprint density at radius 3 is 3.10 bits per heavy atom. The van der Waals surface area contributed by atoms with Gasteiger partial charge in [0.1, 0.15) is 5.01 Å². The van der Waals surface area contributed by atoms with Crippen LogP contribution >= 0.6 is 11.3 Å². The third kappa shape index (κ3) is 3.35. The normalized spacial score (nSPS) is 17.7. The zero-order valence-corrected chi connectivity index (χ0v) is 13.8. The minimum atomic E-state index is 0.607. The smallest absolute Gasteiger partial charge is 0.123 e. The van der Waals surface area contributed by atoms with E-state index < -0.39 is 0 Å². The summed E-state index contributed by atoms with van der Waals surface area (Å²) in [7, 11) is 0. The first kappa shape index (κ1) is 14.7. The zero-order chi connectivity index (χ0) is 14.7. The Morgan fingerprint density at radius 1 is 1.38 bits per heavy atom. The topological polar surface area (TPSA) is 24.9 Å². The molecule has 3 heteroatoms. The number of hydrogen-bond donors (Lipinski definition) is 1. The molecule has 21 heavy (non-hydrogen) atoms. The highest BCUT2D eigenvalue weighted by Crippen LogP contribution is 2.38. The van der Waals surface area contributed by atoms with Crippen LogP contribution in [0.25, 0.3) is 10.6 Å². The molecule has 1 aliphatic carbocycles. The second kappa shape index (κ2) is 6.71. The number of thiazole rings is 1. The summed E-state index contributed by atoms with van der Waals surface area (Å²) in [5, 5.41) is 4.77. The Bertz CT molecular complexity index is 603. The van der Waals surface area contributed by atoms with E-state index in [-0.39, 0.29) is 0 Å². The van der Waals surface area contributed by atoms with Crippen LogP contribution in [0.5, 0.6) is 0 Å². The quantitative estimate of drug-likeness (QED) is 0.820. The van der Waals surface area contributed by atoms with E-state index in [1.165, 1.54) is 52.4 Å². The van der Waals surface area contributed by atoms with Gasteiger partial charge in [0.2, 0.25) is 0 Å². The van der Waals surface area contributed by atoms with Crippen LogP contribution in [0.4, 0.5) is 0 Å². The molecule has 0 spiro atoms. The first-order chi connectivity index (χ1) is 10.3. The lowest BCUT2D eigenvalue weighted by molar-refractivity contribution is 0.502. The van der Waals surface area contributed by atoms with E-state index >= 15 is 0 Å². The maximum absolute atomic E-state index is 5.00. The van der Waals surface area contributed by atoms with E-state index in [9.17, 15) is 0 Å². The highest BCUT2D eigenvalue weighted by Gasteiger charge is 2.24. The Morgan fingerprint density at radius 2 is 2.29 bits per heavy atom. The van der Waals surface area contributed by atoms with Crippen molar-refractivity contribution in [1.82, 2.24) is 10.3 Å². The monoisotopic (exact) mass is 300 g/mol. The van der Waals surface area contributed by atoms with Crippen molar-refractivity contribution in [3.8, 4) is 10.6 Å². The Labute approximate surface area is 131 Å². The average Bonchev–Trinajstić information content (AvgIpc) is 2.92. The van der Waals surface area contributed by atoms with E-state index in [4.69, 9.17) is 4.98 Å². The van der Waals surface area contributed by atoms with Crippen LogP contribution in [0.1, 0.15) is 48.2 Å². The summed E-state index contributed by atoms with van der Waals surface area (Å²) >= 11 is 1.90. The number of aryl methyl sites for hydroxylation is 2. The Kier molecular flexibility index (Phi) is 4.71. The van der Waals surface area contributed by atoms with Gasteiger partial charge in [-0.3, -0.25) is 0 Å². The van der Waals surface area contributed by atoms with Gasteiger partial charge in [0.25, 0.3) is 0 Å². The molecule has 0 saturated carbocycles. The highest BCUT2D eigenvalue weighted by molar-refractivity contribution is 7.15. The van der Waals surface area contributed by atoms with Crippen molar-refractivity contribution >= 4 is 11.3 Å². The minimum absolute atomic E-state index is 0.607. The summed E-state index contributed by atoms with van der Waals surface area (Å²) in [6.07, 6.45) is 5.00. The van der Waals surface area contributed by atoms with Gasteiger partial charge in [-0.25, -0.2) is 4.98 Å². The molecule has 2 aromatic rings. The fraction of sp³-hybridized carbons (Fsp3) is 0.500. The molecule has 2 nitrogen and oxygen atoms in total. The molecule has 0 amide bonds. The molecule has 3 rings (SSSR count). The second-order valence-corrected chi connectivity index (χ2v) is 7.07. The van der Waals surface area contributed by atoms with Crippen molar-refractivity contribution in [2.24, 2.45) is 0 Å². The van der Waals surface area contributed by atoms with Gasteiger partial charge in [-0.1, -0.05) is 30.7 Å². The lowest BCUT2D eigenvalue weighted by Gasteiger charge is -2.21. The van der Waals surface area contributed by atoms with Gasteiger partial charge in [-0.05, 0) is 45.2 Å². The zero-order valence-electron chi connectivity index (χ0n) is 13.0. The van der Waals surface area contributed by atoms with E-state index in [0.29, 0.717) is 5.92 Å². The number of nitrogens with zero attached hydrogens (tertiary/aromatic N) is 1. The Balaban J connectivity index is 1.83. The maximum atomic E-state index is 5.00. The Hall–Kier alpha value is -1.19. The summed E-state index contributed by atoms with van der Waals surface area (Å²) in [5.41, 5.74) is 3.95. The summed E-state index contributed by atoms with van der Waals surface area (Å²) in [6.45, 7) is 6.56. The third-order valence-electron chi connectivity index (χ3n) is 4.15. The molecule has 112 valence electrons. The van der Waals surface area contributed by atoms with Crippen LogP contribution in [-0.4, -0.2) is 18.1 Å². The standard InChI is InChI=1S/C18H24N2S/c1-3-10-19-12-15-8-5-9-16-17(15)20-18(21-16)14-7-4-6-13(2)11-14/h4,6-7,11,15,19H,3,5,8-10,12H2,1-2H3. The van der Waals surface area contributed by atoms with Crippen LogP contribution in [0.2, 0.25) is 0 Å². The van der Waals surface area contributed by atoms with E-state index in [1.54, 1.807) is 0 Å². The number of benzene rings is 1. The van der Waals surface area contributed by atoms with Gasteiger partial charge in [0.15, 0.2) is 0 Å². The highest BCUT2D eigenvalue weighted by atomic mass is 32.1. The van der Waals surface area contributed by atoms with Crippen LogP contribution < -0.4 is 5.32 Å². The lowest BCUT2D eigenvalue weighted by atomic mass is 9.91. The molecule has 1 aliphatic rings. The average molecular weight is 300 g/mol. The van der Waals surface area contributed by atoms with Gasteiger partial charge in [-0.15, -0.1) is 11.3 Å². The lowest BCUT2D eigenvalue weighted by Crippen LogP contribution is -2.24. The molecule has 0 bridgehead atoms. The molecule has 1 heterocycles. The van der Waals surface area contributed by atoms with Crippen LogP contribution in [0.3, 0.4) is 0 Å². The van der Waals surface area contributed by atoms with Crippen molar-refractivity contribution in [2.45, 2.75) is 45.4 Å². The van der Waals surface area contributed by atoms with Crippen molar-refractivity contribution in [3.63, 3.8) is 0 Å². The molecule has 1 aromatic heterocycles. The van der Waals surface area contributed by atoms with Gasteiger partial charge in [0.05, 0.1) is 5.69 Å². The van der Waals surface area contributed by atoms with E-state index in [0.717, 1.165) is 13.1 Å². The molecule has 1 unspecified atom stereocenters. The van der Waals surface area contributed by atoms with Gasteiger partial charge >= 0.3 is 0 Å². The van der Waals surface area contributed by atoms with Gasteiger partial charge < -0.3 is 5.32 Å². The summed E-state index contributed by atoms with van der Waals surface area (Å²) in [6, 6.07) is 8.70. The minimum Gasteiger partial charge on any atom is -0.316 e. The van der Waals surface area contributed by atoms with E-state index in [2.05, 4.69) is 43.4 Å². The molecule has 0 radical (unpaired) electrons. The summed E-state index contributed by atoms with van der Waals surface area (Å²) < 4.78 is 0. The van der Waals surface area contributed by atoms with Gasteiger partial charge in [0, 0.05) is 22.9 Å². The summed E-state index contributed by atoms with van der Waals surface area (Å²) in [5.74, 6) is 0.607. The fourth-order valence-electron chi connectivity index (χ4n) is 3.06. The number of fused-ring (bicyclic) bond motifs is 1. The largest absolute Gasteiger partial charge is 0.316 e. The number of aromatic nitrogens is 1. The number of hydrogen-bond acceptors (Lipinski definition) is 3. The third-order valence-corrected chi connectivity index (χ3v) is 5.33. The number of rotatable bonds is 5. The van der Waals surface area contributed by atoms with Crippen LogP contribution in [0.15, 0.2) is 24.3 Å². The second-order valence-electron chi connectivity index (χ2n) is 5.99. The predicted octanol–water partition coefficient (Wildman–Crippen LogP) is 4.54. The predicted molar refractivity (Wildman–Crippen MR) is 91.1 cm³/mol. The molecule has 1 N–H and O–H groups in total. The maximum Gasteiger partial charge on any atom is 0.123 e. The SMILES string of the molecule is CCCNCC1CCCc2sc(-c3cccc(C)c3)nc21. The molecule has 0 fully saturated rings. The first-order valence-electron chi connectivity index (χ1n) is 8.05. The molecule has 0 aliphatic heterocycles. The molecule has 1 atom stereocenters.